The van der Waals surface area contributed by atoms with Gasteiger partial charge in [-0.3, -0.25) is 4.98 Å². The molecule has 0 atom stereocenters. The van der Waals surface area contributed by atoms with Gasteiger partial charge in [0.1, 0.15) is 11.6 Å². The third-order valence-electron chi connectivity index (χ3n) is 8.40. The molecule has 9 heteroatoms. The van der Waals surface area contributed by atoms with Gasteiger partial charge in [0.25, 0.3) is 0 Å². The van der Waals surface area contributed by atoms with Gasteiger partial charge in [0.2, 0.25) is 0 Å². The maximum absolute atomic E-state index is 10.1. The molecule has 0 bridgehead atoms. The largest absolute Gasteiger partial charge is 0.393 e. The van der Waals surface area contributed by atoms with Crippen LogP contribution >= 0.6 is 0 Å². The number of anilines is 4. The van der Waals surface area contributed by atoms with Crippen LogP contribution in [0.15, 0.2) is 55.0 Å². The number of piperazine rings is 1. The highest BCUT2D eigenvalue weighted by atomic mass is 16.3. The van der Waals surface area contributed by atoms with Crippen molar-refractivity contribution in [3.05, 3.63) is 60.6 Å². The van der Waals surface area contributed by atoms with E-state index in [0.29, 0.717) is 11.7 Å². The van der Waals surface area contributed by atoms with Crippen LogP contribution in [0, 0.1) is 0 Å². The molecule has 4 aromatic rings. The summed E-state index contributed by atoms with van der Waals surface area (Å²) in [5.74, 6) is 2.92. The highest BCUT2D eigenvalue weighted by molar-refractivity contribution is 5.94. The third kappa shape index (κ3) is 5.19. The first-order valence-corrected chi connectivity index (χ1v) is 14.5. The summed E-state index contributed by atoms with van der Waals surface area (Å²) >= 11 is 0. The van der Waals surface area contributed by atoms with Crippen molar-refractivity contribution in [2.75, 3.05) is 61.4 Å². The Morgan fingerprint density at radius 1 is 0.875 bits per heavy atom. The van der Waals surface area contributed by atoms with Crippen molar-refractivity contribution in [3.63, 3.8) is 0 Å². The number of rotatable bonds is 6. The van der Waals surface area contributed by atoms with Crippen molar-refractivity contribution in [2.24, 2.45) is 0 Å². The lowest BCUT2D eigenvalue weighted by atomic mass is 10.0. The van der Waals surface area contributed by atoms with E-state index in [1.165, 1.54) is 24.1 Å². The zero-order chi connectivity index (χ0) is 27.1. The topological polar surface area (TPSA) is 93.5 Å². The van der Waals surface area contributed by atoms with Gasteiger partial charge in [0, 0.05) is 74.0 Å². The Kier molecular flexibility index (Phi) is 6.69. The summed E-state index contributed by atoms with van der Waals surface area (Å²) in [6.45, 7) is 5.78. The van der Waals surface area contributed by atoms with Crippen LogP contribution in [0.2, 0.25) is 0 Å². The summed E-state index contributed by atoms with van der Waals surface area (Å²) < 4.78 is 0. The summed E-state index contributed by atoms with van der Waals surface area (Å²) in [6.07, 6.45) is 9.31. The number of fused-ring (bicyclic) bond motifs is 1. The Balaban J connectivity index is 1.21. The molecular weight excluding hydrogens is 500 g/mol. The fourth-order valence-electron chi connectivity index (χ4n) is 5.86. The SMILES string of the molecule is CN1CCN(c2cccc(Nc3cc(-c4nc(N5CCC(O)CC5)c5c(C6CC6)cncc5n4)ccn3)c2)CC1. The van der Waals surface area contributed by atoms with E-state index in [4.69, 9.17) is 9.97 Å². The minimum atomic E-state index is -0.239. The maximum Gasteiger partial charge on any atom is 0.162 e. The van der Waals surface area contributed by atoms with E-state index in [-0.39, 0.29) is 6.10 Å². The van der Waals surface area contributed by atoms with Crippen LogP contribution in [0.5, 0.6) is 0 Å². The van der Waals surface area contributed by atoms with Crippen LogP contribution in [-0.2, 0) is 0 Å². The average Bonchev–Trinajstić information content (AvgIpc) is 3.83. The maximum atomic E-state index is 10.1. The molecule has 0 spiro atoms. The number of aromatic nitrogens is 4. The minimum Gasteiger partial charge on any atom is -0.393 e. The number of hydrogen-bond donors (Lipinski definition) is 2. The monoisotopic (exact) mass is 536 g/mol. The second-order valence-corrected chi connectivity index (χ2v) is 11.4. The molecule has 5 heterocycles. The lowest BCUT2D eigenvalue weighted by Gasteiger charge is -2.34. The average molecular weight is 537 g/mol. The van der Waals surface area contributed by atoms with E-state index in [1.54, 1.807) is 0 Å². The van der Waals surface area contributed by atoms with Gasteiger partial charge in [-0.1, -0.05) is 6.07 Å². The van der Waals surface area contributed by atoms with E-state index < -0.39 is 0 Å². The predicted octanol–water partition coefficient (Wildman–Crippen LogP) is 4.42. The molecular formula is C31H36N8O. The van der Waals surface area contributed by atoms with Crippen LogP contribution < -0.4 is 15.1 Å². The van der Waals surface area contributed by atoms with E-state index in [0.717, 1.165) is 85.9 Å². The molecule has 0 radical (unpaired) electrons. The molecule has 2 aliphatic heterocycles. The first-order valence-electron chi connectivity index (χ1n) is 14.5. The Morgan fingerprint density at radius 3 is 2.50 bits per heavy atom. The minimum absolute atomic E-state index is 0.239. The molecule has 206 valence electrons. The van der Waals surface area contributed by atoms with Crippen molar-refractivity contribution in [3.8, 4) is 11.4 Å². The van der Waals surface area contributed by atoms with Crippen molar-refractivity contribution < 1.29 is 5.11 Å². The number of nitrogens with zero attached hydrogens (tertiary/aromatic N) is 7. The lowest BCUT2D eigenvalue weighted by Crippen LogP contribution is -2.44. The molecule has 2 N–H and O–H groups in total. The standard InChI is InChI=1S/C31H36N8O/c1-37-13-15-38(16-14-37)24-4-2-3-23(18-24)34-28-17-22(7-10-33-28)30-35-27-20-32-19-26(21-5-6-21)29(27)31(36-30)39-11-8-25(40)9-12-39/h2-4,7,10,17-21,25,40H,5-6,8-9,11-16H2,1H3,(H,33,34). The molecule has 3 aromatic heterocycles. The Bertz CT molecular complexity index is 1510. The van der Waals surface area contributed by atoms with Crippen molar-refractivity contribution in [1.29, 1.82) is 0 Å². The van der Waals surface area contributed by atoms with Crippen molar-refractivity contribution >= 4 is 33.9 Å². The van der Waals surface area contributed by atoms with Gasteiger partial charge in [-0.25, -0.2) is 15.0 Å². The van der Waals surface area contributed by atoms with Crippen LogP contribution in [0.3, 0.4) is 0 Å². The van der Waals surface area contributed by atoms with Gasteiger partial charge in [-0.05, 0) is 74.5 Å². The van der Waals surface area contributed by atoms with Gasteiger partial charge in [0.05, 0.1) is 17.8 Å². The van der Waals surface area contributed by atoms with Gasteiger partial charge in [-0.15, -0.1) is 0 Å². The molecule has 1 aromatic carbocycles. The summed E-state index contributed by atoms with van der Waals surface area (Å²) in [7, 11) is 2.18. The molecule has 3 aliphatic rings. The summed E-state index contributed by atoms with van der Waals surface area (Å²) in [6, 6.07) is 12.5. The first kappa shape index (κ1) is 25.2. The third-order valence-corrected chi connectivity index (χ3v) is 8.40. The number of pyridine rings is 2. The number of piperidine rings is 1. The molecule has 3 fully saturated rings. The molecule has 0 amide bonds. The zero-order valence-electron chi connectivity index (χ0n) is 23.0. The fourth-order valence-corrected chi connectivity index (χ4v) is 5.86. The number of hydrogen-bond acceptors (Lipinski definition) is 9. The number of nitrogens with one attached hydrogen (secondary N) is 1. The number of likely N-dealkylation sites (N-methyl/N-ethyl adjacent to an activating group) is 1. The van der Waals surface area contributed by atoms with Crippen LogP contribution in [-0.4, -0.2) is 82.4 Å². The Hall–Kier alpha value is -3.82. The van der Waals surface area contributed by atoms with Gasteiger partial charge in [0.15, 0.2) is 5.82 Å². The lowest BCUT2D eigenvalue weighted by molar-refractivity contribution is 0.145. The van der Waals surface area contributed by atoms with Gasteiger partial charge >= 0.3 is 0 Å². The fraction of sp³-hybridized carbons (Fsp3) is 0.419. The van der Waals surface area contributed by atoms with Gasteiger partial charge < -0.3 is 25.1 Å². The van der Waals surface area contributed by atoms with Crippen molar-refractivity contribution in [2.45, 2.75) is 37.7 Å². The number of benzene rings is 1. The zero-order valence-corrected chi connectivity index (χ0v) is 23.0. The van der Waals surface area contributed by atoms with Crippen LogP contribution in [0.25, 0.3) is 22.3 Å². The highest BCUT2D eigenvalue weighted by Crippen LogP contribution is 2.45. The number of aliphatic hydroxyl groups excluding tert-OH is 1. The smallest absolute Gasteiger partial charge is 0.162 e. The molecule has 7 rings (SSSR count). The van der Waals surface area contributed by atoms with E-state index in [1.807, 2.05) is 30.7 Å². The molecule has 2 saturated heterocycles. The van der Waals surface area contributed by atoms with E-state index in [9.17, 15) is 5.11 Å². The van der Waals surface area contributed by atoms with Crippen molar-refractivity contribution in [1.82, 2.24) is 24.8 Å². The normalized spacial score (nSPS) is 18.9. The van der Waals surface area contributed by atoms with E-state index >= 15 is 0 Å². The molecule has 9 nitrogen and oxygen atoms in total. The van der Waals surface area contributed by atoms with E-state index in [2.05, 4.69) is 61.3 Å². The highest BCUT2D eigenvalue weighted by Gasteiger charge is 2.30. The Labute approximate surface area is 234 Å². The predicted molar refractivity (Wildman–Crippen MR) is 159 cm³/mol. The second kappa shape index (κ2) is 10.6. The second-order valence-electron chi connectivity index (χ2n) is 11.4. The first-order chi connectivity index (χ1) is 19.6. The quantitative estimate of drug-likeness (QED) is 0.371. The number of aliphatic hydroxyl groups is 1. The Morgan fingerprint density at radius 2 is 1.70 bits per heavy atom. The van der Waals surface area contributed by atoms with Gasteiger partial charge in [-0.2, -0.15) is 0 Å². The molecule has 1 saturated carbocycles. The summed E-state index contributed by atoms with van der Waals surface area (Å²) in [4.78, 5) is 26.4. The molecule has 1 aliphatic carbocycles. The summed E-state index contributed by atoms with van der Waals surface area (Å²) in [5, 5.41) is 14.8. The molecule has 40 heavy (non-hydrogen) atoms. The van der Waals surface area contributed by atoms with Crippen LogP contribution in [0.4, 0.5) is 23.0 Å². The van der Waals surface area contributed by atoms with Crippen LogP contribution in [0.1, 0.15) is 37.2 Å². The molecule has 0 unspecified atom stereocenters. The summed E-state index contributed by atoms with van der Waals surface area (Å²) in [5.41, 5.74) is 5.27.